The normalized spacial score (nSPS) is 19.2. The zero-order chi connectivity index (χ0) is 19.7. The summed E-state index contributed by atoms with van der Waals surface area (Å²) in [6.07, 6.45) is 5.02. The van der Waals surface area contributed by atoms with Gasteiger partial charge < -0.3 is 20.1 Å². The molecule has 29 heavy (non-hydrogen) atoms. The van der Waals surface area contributed by atoms with Gasteiger partial charge in [-0.25, -0.2) is 0 Å². The van der Waals surface area contributed by atoms with E-state index in [9.17, 15) is 0 Å². The molecule has 2 aliphatic rings. The highest BCUT2D eigenvalue weighted by Crippen LogP contribution is 2.43. The average Bonchev–Trinajstić information content (AvgIpc) is 2.71. The van der Waals surface area contributed by atoms with Crippen molar-refractivity contribution in [1.82, 2.24) is 15.5 Å². The van der Waals surface area contributed by atoms with Crippen molar-refractivity contribution >= 4 is 29.9 Å². The van der Waals surface area contributed by atoms with E-state index in [0.29, 0.717) is 5.41 Å². The lowest BCUT2D eigenvalue weighted by molar-refractivity contribution is 0.0342. The van der Waals surface area contributed by atoms with Crippen LogP contribution in [0.3, 0.4) is 0 Å². The number of nitrogens with one attached hydrogen (secondary N) is 2. The minimum atomic E-state index is 0. The molecule has 1 saturated heterocycles. The van der Waals surface area contributed by atoms with Crippen LogP contribution in [0.1, 0.15) is 36.8 Å². The molecule has 0 radical (unpaired) electrons. The molecule has 0 unspecified atom stereocenters. The van der Waals surface area contributed by atoms with Crippen LogP contribution in [0.2, 0.25) is 0 Å². The van der Waals surface area contributed by atoms with Gasteiger partial charge in [0.1, 0.15) is 0 Å². The van der Waals surface area contributed by atoms with Gasteiger partial charge in [-0.1, -0.05) is 30.7 Å². The van der Waals surface area contributed by atoms with Crippen LogP contribution in [0.5, 0.6) is 0 Å². The van der Waals surface area contributed by atoms with Crippen molar-refractivity contribution < 1.29 is 9.47 Å². The predicted molar refractivity (Wildman–Crippen MR) is 129 cm³/mol. The third kappa shape index (κ3) is 7.70. The molecule has 7 heteroatoms. The van der Waals surface area contributed by atoms with Gasteiger partial charge in [-0.2, -0.15) is 0 Å². The van der Waals surface area contributed by atoms with E-state index in [4.69, 9.17) is 9.47 Å². The smallest absolute Gasteiger partial charge is 0.191 e. The third-order valence-electron chi connectivity index (χ3n) is 6.10. The molecular weight excluding hydrogens is 479 g/mol. The highest BCUT2D eigenvalue weighted by molar-refractivity contribution is 14.0. The maximum absolute atomic E-state index is 5.42. The van der Waals surface area contributed by atoms with Crippen molar-refractivity contribution in [2.75, 3.05) is 53.6 Å². The summed E-state index contributed by atoms with van der Waals surface area (Å²) in [4.78, 5) is 6.83. The van der Waals surface area contributed by atoms with Crippen LogP contribution in [-0.2, 0) is 22.6 Å². The first-order valence-electron chi connectivity index (χ1n) is 10.5. The average molecular weight is 516 g/mol. The van der Waals surface area contributed by atoms with E-state index in [1.54, 1.807) is 7.11 Å². The summed E-state index contributed by atoms with van der Waals surface area (Å²) in [6, 6.07) is 8.89. The number of halogens is 1. The summed E-state index contributed by atoms with van der Waals surface area (Å²) in [5.74, 6) is 0.876. The molecule has 1 heterocycles. The molecule has 0 aromatic heterocycles. The van der Waals surface area contributed by atoms with Crippen LogP contribution in [0, 0.1) is 5.41 Å². The molecule has 1 aromatic rings. The Morgan fingerprint density at radius 3 is 2.41 bits per heavy atom. The molecule has 2 N–H and O–H groups in total. The second kappa shape index (κ2) is 12.7. The predicted octanol–water partition coefficient (Wildman–Crippen LogP) is 3.01. The second-order valence-electron chi connectivity index (χ2n) is 8.08. The number of hydrogen-bond acceptors (Lipinski definition) is 4. The summed E-state index contributed by atoms with van der Waals surface area (Å²) in [5, 5.41) is 6.97. The molecular formula is C22H37IN4O2. The summed E-state index contributed by atoms with van der Waals surface area (Å²) >= 11 is 0. The quantitative estimate of drug-likeness (QED) is 0.300. The lowest BCUT2D eigenvalue weighted by Crippen LogP contribution is -2.46. The van der Waals surface area contributed by atoms with Gasteiger partial charge in [0.05, 0.1) is 13.2 Å². The first kappa shape index (κ1) is 24.4. The van der Waals surface area contributed by atoms with Crippen LogP contribution in [-0.4, -0.2) is 64.5 Å². The van der Waals surface area contributed by atoms with Crippen molar-refractivity contribution in [2.45, 2.75) is 38.8 Å². The number of methoxy groups -OCH3 is 1. The van der Waals surface area contributed by atoms with Gasteiger partial charge in [-0.15, -0.1) is 24.0 Å². The van der Waals surface area contributed by atoms with E-state index in [1.165, 1.54) is 30.4 Å². The Kier molecular flexibility index (Phi) is 10.7. The van der Waals surface area contributed by atoms with Crippen molar-refractivity contribution in [3.63, 3.8) is 0 Å². The molecule has 0 atom stereocenters. The van der Waals surface area contributed by atoms with Crippen LogP contribution in [0.15, 0.2) is 29.3 Å². The van der Waals surface area contributed by atoms with Crippen molar-refractivity contribution in [2.24, 2.45) is 10.4 Å². The third-order valence-corrected chi connectivity index (χ3v) is 6.10. The Labute approximate surface area is 192 Å². The van der Waals surface area contributed by atoms with Gasteiger partial charge >= 0.3 is 0 Å². The lowest BCUT2D eigenvalue weighted by Gasteiger charge is -2.42. The standard InChI is InChI=1S/C22H36N4O2.HI/c1-23-21(25-18-22(8-3-9-22)10-13-27-2)24-16-19-4-6-20(7-5-19)17-26-11-14-28-15-12-26;/h4-7H,3,8-18H2,1-2H3,(H2,23,24,25);1H. The van der Waals surface area contributed by atoms with Crippen LogP contribution in [0.25, 0.3) is 0 Å². The monoisotopic (exact) mass is 516 g/mol. The fourth-order valence-corrected chi connectivity index (χ4v) is 3.97. The number of hydrogen-bond donors (Lipinski definition) is 2. The molecule has 1 aliphatic carbocycles. The van der Waals surface area contributed by atoms with Gasteiger partial charge in [0, 0.05) is 53.5 Å². The van der Waals surface area contributed by atoms with Gasteiger partial charge in [0.15, 0.2) is 5.96 Å². The summed E-state index contributed by atoms with van der Waals surface area (Å²) in [7, 11) is 3.62. The fourth-order valence-electron chi connectivity index (χ4n) is 3.97. The van der Waals surface area contributed by atoms with Crippen molar-refractivity contribution in [3.8, 4) is 0 Å². The highest BCUT2D eigenvalue weighted by atomic mass is 127. The molecule has 3 rings (SSSR count). The van der Waals surface area contributed by atoms with Crippen LogP contribution >= 0.6 is 24.0 Å². The number of aliphatic imine (C=N–C) groups is 1. The molecule has 164 valence electrons. The van der Waals surface area contributed by atoms with Crippen molar-refractivity contribution in [3.05, 3.63) is 35.4 Å². The van der Waals surface area contributed by atoms with Crippen LogP contribution in [0.4, 0.5) is 0 Å². The number of rotatable bonds is 9. The van der Waals surface area contributed by atoms with E-state index >= 15 is 0 Å². The van der Waals surface area contributed by atoms with Gasteiger partial charge in [0.2, 0.25) is 0 Å². The molecule has 1 aliphatic heterocycles. The van der Waals surface area contributed by atoms with E-state index in [0.717, 1.165) is 64.9 Å². The molecule has 0 spiro atoms. The molecule has 0 bridgehead atoms. The zero-order valence-electron chi connectivity index (χ0n) is 17.9. The van der Waals surface area contributed by atoms with E-state index in [-0.39, 0.29) is 24.0 Å². The number of ether oxygens (including phenoxy) is 2. The van der Waals surface area contributed by atoms with Crippen LogP contribution < -0.4 is 10.6 Å². The maximum Gasteiger partial charge on any atom is 0.191 e. The first-order valence-corrected chi connectivity index (χ1v) is 10.5. The lowest BCUT2D eigenvalue weighted by atomic mass is 9.67. The van der Waals surface area contributed by atoms with E-state index in [1.807, 2.05) is 7.05 Å². The van der Waals surface area contributed by atoms with Gasteiger partial charge in [-0.05, 0) is 35.8 Å². The number of morpholine rings is 1. The number of benzene rings is 1. The minimum absolute atomic E-state index is 0. The number of guanidine groups is 1. The van der Waals surface area contributed by atoms with Gasteiger partial charge in [-0.3, -0.25) is 9.89 Å². The Morgan fingerprint density at radius 1 is 1.14 bits per heavy atom. The molecule has 2 fully saturated rings. The Hall–Kier alpha value is -0.900. The second-order valence-corrected chi connectivity index (χ2v) is 8.08. The largest absolute Gasteiger partial charge is 0.385 e. The fraction of sp³-hybridized carbons (Fsp3) is 0.682. The SMILES string of the molecule is CN=C(NCc1ccc(CN2CCOCC2)cc1)NCC1(CCOC)CCC1.I. The summed E-state index contributed by atoms with van der Waals surface area (Å²) in [5.41, 5.74) is 3.01. The maximum atomic E-state index is 5.42. The van der Waals surface area contributed by atoms with E-state index < -0.39 is 0 Å². The Morgan fingerprint density at radius 2 is 1.83 bits per heavy atom. The van der Waals surface area contributed by atoms with Gasteiger partial charge in [0.25, 0.3) is 0 Å². The molecule has 1 aromatic carbocycles. The molecule has 6 nitrogen and oxygen atoms in total. The number of nitrogens with zero attached hydrogens (tertiary/aromatic N) is 2. The minimum Gasteiger partial charge on any atom is -0.385 e. The highest BCUT2D eigenvalue weighted by Gasteiger charge is 2.36. The first-order chi connectivity index (χ1) is 13.7. The molecule has 0 amide bonds. The topological polar surface area (TPSA) is 58.1 Å². The Bertz CT molecular complexity index is 614. The Balaban J connectivity index is 0.00000300. The molecule has 1 saturated carbocycles. The summed E-state index contributed by atoms with van der Waals surface area (Å²) < 4.78 is 10.7. The van der Waals surface area contributed by atoms with E-state index in [2.05, 4.69) is 44.8 Å². The van der Waals surface area contributed by atoms with Crippen molar-refractivity contribution in [1.29, 1.82) is 0 Å². The zero-order valence-corrected chi connectivity index (χ0v) is 20.2. The summed E-state index contributed by atoms with van der Waals surface area (Å²) in [6.45, 7) is 7.33.